The monoisotopic (exact) mass is 211 g/mol. The van der Waals surface area contributed by atoms with Gasteiger partial charge in [0.2, 0.25) is 0 Å². The van der Waals surface area contributed by atoms with E-state index < -0.39 is 9.05 Å². The van der Waals surface area contributed by atoms with Crippen LogP contribution in [0.1, 0.15) is 0 Å². The molecule has 0 aromatic carbocycles. The number of nitrogens with zero attached hydrogens (tertiary/aromatic N) is 1. The van der Waals surface area contributed by atoms with Crippen molar-refractivity contribution < 1.29 is 19.2 Å². The molecule has 0 fully saturated rings. The highest BCUT2D eigenvalue weighted by atomic mass is 28.4. The van der Waals surface area contributed by atoms with Gasteiger partial charge in [0, 0.05) is 0 Å². The maximum atomic E-state index is 7.33. The zero-order valence-electron chi connectivity index (χ0n) is 5.74. The Morgan fingerprint density at radius 1 is 0.909 bits per heavy atom. The van der Waals surface area contributed by atoms with Crippen LogP contribution in [0.3, 0.4) is 0 Å². The minimum Gasteiger partial charge on any atom is -0.368 e. The SMILES string of the molecule is CN(C)C.O[Si](O)(O)O.[AlH3].[MgH2]. The molecule has 5 nitrogen and oxygen atoms in total. The lowest BCUT2D eigenvalue weighted by Crippen LogP contribution is -2.33. The van der Waals surface area contributed by atoms with Gasteiger partial charge in [0.15, 0.2) is 17.4 Å². The van der Waals surface area contributed by atoms with E-state index in [0.29, 0.717) is 0 Å². The van der Waals surface area contributed by atoms with Gasteiger partial charge in [0.05, 0.1) is 0 Å². The fourth-order valence-electron chi connectivity index (χ4n) is 0. The molecule has 0 rings (SSSR count). The summed E-state index contributed by atoms with van der Waals surface area (Å²) in [6, 6.07) is 0. The van der Waals surface area contributed by atoms with E-state index in [2.05, 4.69) is 0 Å². The fourth-order valence-corrected chi connectivity index (χ4v) is 0. The fraction of sp³-hybridized carbons (Fsp3) is 1.00. The van der Waals surface area contributed by atoms with Gasteiger partial charge in [0.1, 0.15) is 0 Å². The van der Waals surface area contributed by atoms with Crippen LogP contribution in [0.2, 0.25) is 0 Å². The normalized spacial score (nSPS) is 8.73. The lowest BCUT2D eigenvalue weighted by atomic mass is 11.0. The summed E-state index contributed by atoms with van der Waals surface area (Å²) in [5.41, 5.74) is 0. The van der Waals surface area contributed by atoms with E-state index in [4.69, 9.17) is 19.2 Å². The second-order valence-corrected chi connectivity index (χ2v) is 3.14. The van der Waals surface area contributed by atoms with E-state index in [1.807, 2.05) is 26.0 Å². The average molecular weight is 212 g/mol. The second-order valence-electron chi connectivity index (χ2n) is 1.94. The summed E-state index contributed by atoms with van der Waals surface area (Å²) in [4.78, 5) is 31.3. The predicted molar refractivity (Wildman–Crippen MR) is 52.7 cm³/mol. The number of hydrogen-bond donors (Lipinski definition) is 4. The predicted octanol–water partition coefficient (Wildman–Crippen LogP) is -4.53. The Morgan fingerprint density at radius 3 is 0.909 bits per heavy atom. The van der Waals surface area contributed by atoms with E-state index in [1.54, 1.807) is 0 Å². The van der Waals surface area contributed by atoms with Crippen molar-refractivity contribution in [3.05, 3.63) is 0 Å². The summed E-state index contributed by atoms with van der Waals surface area (Å²) in [5, 5.41) is 0. The van der Waals surface area contributed by atoms with Gasteiger partial charge < -0.3 is 24.1 Å². The molecule has 11 heavy (non-hydrogen) atoms. The van der Waals surface area contributed by atoms with Crippen molar-refractivity contribution in [3.63, 3.8) is 0 Å². The molecule has 8 heteroatoms. The zero-order chi connectivity index (χ0) is 8.08. The van der Waals surface area contributed by atoms with Crippen molar-refractivity contribution in [2.45, 2.75) is 0 Å². The molecule has 0 atom stereocenters. The van der Waals surface area contributed by atoms with Crippen molar-refractivity contribution in [2.75, 3.05) is 21.1 Å². The van der Waals surface area contributed by atoms with Crippen LogP contribution in [0.5, 0.6) is 0 Å². The van der Waals surface area contributed by atoms with Crippen LogP contribution in [0.15, 0.2) is 0 Å². The summed E-state index contributed by atoms with van der Waals surface area (Å²) in [6.07, 6.45) is 0. The highest BCUT2D eigenvalue weighted by Crippen LogP contribution is 1.67. The quantitative estimate of drug-likeness (QED) is 0.304. The van der Waals surface area contributed by atoms with Crippen LogP contribution in [-0.2, 0) is 0 Å². The van der Waals surface area contributed by atoms with Crippen LogP contribution in [0, 0.1) is 0 Å². The third-order valence-electron chi connectivity index (χ3n) is 0. The standard InChI is InChI=1S/C3H9N.Al.Mg.H4O4Si.5H/c1-4(2)3;;;1-5(2,3)4;;;;;/h1-3H3;;;1-4H;;;;;. The van der Waals surface area contributed by atoms with Crippen LogP contribution in [-0.4, -0.2) is 94.7 Å². The maximum Gasteiger partial charge on any atom is 0.668 e. The van der Waals surface area contributed by atoms with E-state index in [9.17, 15) is 0 Å². The van der Waals surface area contributed by atoms with E-state index >= 15 is 0 Å². The molecule has 0 heterocycles. The third kappa shape index (κ3) is 567. The molecule has 0 aliphatic rings. The molecule has 0 aliphatic carbocycles. The van der Waals surface area contributed by atoms with Crippen LogP contribution < -0.4 is 0 Å². The van der Waals surface area contributed by atoms with Gasteiger partial charge in [-0.3, -0.25) is 0 Å². The highest BCUT2D eigenvalue weighted by molar-refractivity contribution is 6.46. The summed E-state index contributed by atoms with van der Waals surface area (Å²) >= 11 is 0. The molecule has 68 valence electrons. The Kier molecular flexibility index (Phi) is 23.5. The minimum atomic E-state index is -4.61. The molecule has 0 saturated carbocycles. The minimum absolute atomic E-state index is 0. The van der Waals surface area contributed by atoms with Gasteiger partial charge in [-0.05, 0) is 21.1 Å². The molecule has 0 amide bonds. The largest absolute Gasteiger partial charge is 0.668 e. The van der Waals surface area contributed by atoms with Gasteiger partial charge in [-0.2, -0.15) is 0 Å². The lowest BCUT2D eigenvalue weighted by molar-refractivity contribution is 0.117. The van der Waals surface area contributed by atoms with E-state index in [1.165, 1.54) is 0 Å². The van der Waals surface area contributed by atoms with E-state index in [0.717, 1.165) is 0 Å². The van der Waals surface area contributed by atoms with Crippen LogP contribution in [0.4, 0.5) is 0 Å². The Bertz CT molecular complexity index is 62.1. The van der Waals surface area contributed by atoms with Gasteiger partial charge >= 0.3 is 32.1 Å². The molecule has 0 bridgehead atoms. The van der Waals surface area contributed by atoms with E-state index in [-0.39, 0.29) is 40.4 Å². The molecule has 0 unspecified atom stereocenters. The zero-order valence-corrected chi connectivity index (χ0v) is 6.74. The van der Waals surface area contributed by atoms with Crippen LogP contribution in [0.25, 0.3) is 0 Å². The molecular weight excluding hydrogens is 193 g/mol. The molecular formula is C3H18AlMgNO4Si. The topological polar surface area (TPSA) is 84.2 Å². The Balaban J connectivity index is -0.0000000383. The van der Waals surface area contributed by atoms with Gasteiger partial charge in [-0.15, -0.1) is 0 Å². The molecule has 0 aliphatic heterocycles. The molecule has 0 aromatic heterocycles. The third-order valence-corrected chi connectivity index (χ3v) is 0. The smallest absolute Gasteiger partial charge is 0.368 e. The molecule has 0 radical (unpaired) electrons. The Morgan fingerprint density at radius 2 is 0.909 bits per heavy atom. The first-order valence-electron chi connectivity index (χ1n) is 2.24. The first-order valence-corrected chi connectivity index (χ1v) is 4.02. The molecule has 0 spiro atoms. The van der Waals surface area contributed by atoms with Crippen molar-refractivity contribution in [1.82, 2.24) is 4.90 Å². The van der Waals surface area contributed by atoms with Crippen molar-refractivity contribution in [3.8, 4) is 0 Å². The van der Waals surface area contributed by atoms with Crippen molar-refractivity contribution in [1.29, 1.82) is 0 Å². The van der Waals surface area contributed by atoms with Crippen molar-refractivity contribution in [2.24, 2.45) is 0 Å². The van der Waals surface area contributed by atoms with Crippen LogP contribution >= 0.6 is 0 Å². The summed E-state index contributed by atoms with van der Waals surface area (Å²) in [5.74, 6) is 0. The molecule has 0 aromatic rings. The lowest BCUT2D eigenvalue weighted by Gasteiger charge is -1.91. The summed E-state index contributed by atoms with van der Waals surface area (Å²) in [7, 11) is 1.39. The first kappa shape index (κ1) is 22.8. The second kappa shape index (κ2) is 11.3. The number of rotatable bonds is 0. The summed E-state index contributed by atoms with van der Waals surface area (Å²) in [6.45, 7) is 0. The Labute approximate surface area is 94.4 Å². The first-order chi connectivity index (χ1) is 3.73. The highest BCUT2D eigenvalue weighted by Gasteiger charge is 2.22. The summed E-state index contributed by atoms with van der Waals surface area (Å²) < 4.78 is 0. The Hall–Kier alpha value is 1.32. The van der Waals surface area contributed by atoms with Gasteiger partial charge in [-0.1, -0.05) is 0 Å². The van der Waals surface area contributed by atoms with Crippen molar-refractivity contribution >= 4 is 49.5 Å². The van der Waals surface area contributed by atoms with Gasteiger partial charge in [-0.25, -0.2) is 0 Å². The maximum absolute atomic E-state index is 7.33. The molecule has 4 N–H and O–H groups in total. The molecule has 0 saturated heterocycles. The number of hydrogen-bond acceptors (Lipinski definition) is 5. The van der Waals surface area contributed by atoms with Gasteiger partial charge in [0.25, 0.3) is 0 Å². The average Bonchev–Trinajstić information content (AvgIpc) is 1.19.